The highest BCUT2D eigenvalue weighted by Gasteiger charge is 2.31. The molecule has 0 radical (unpaired) electrons. The second-order valence-electron chi connectivity index (χ2n) is 7.09. The van der Waals surface area contributed by atoms with Gasteiger partial charge in [-0.05, 0) is 49.6 Å². The van der Waals surface area contributed by atoms with Gasteiger partial charge in [0.25, 0.3) is 5.91 Å². The van der Waals surface area contributed by atoms with Gasteiger partial charge in [0, 0.05) is 13.0 Å². The van der Waals surface area contributed by atoms with Crippen molar-refractivity contribution in [2.45, 2.75) is 33.3 Å². The van der Waals surface area contributed by atoms with Crippen LogP contribution in [0.5, 0.6) is 5.75 Å². The van der Waals surface area contributed by atoms with Crippen molar-refractivity contribution in [1.82, 2.24) is 4.90 Å². The first-order valence-electron chi connectivity index (χ1n) is 10.2. The molecule has 1 heterocycles. The minimum absolute atomic E-state index is 0.134. The van der Waals surface area contributed by atoms with Gasteiger partial charge in [-0.3, -0.25) is 14.5 Å². The van der Waals surface area contributed by atoms with Crippen LogP contribution >= 0.6 is 24.0 Å². The van der Waals surface area contributed by atoms with E-state index in [0.29, 0.717) is 35.4 Å². The lowest BCUT2D eigenvalue weighted by molar-refractivity contribution is -0.143. The van der Waals surface area contributed by atoms with Gasteiger partial charge < -0.3 is 9.47 Å². The minimum atomic E-state index is -0.258. The van der Waals surface area contributed by atoms with Crippen molar-refractivity contribution in [3.63, 3.8) is 0 Å². The molecule has 3 rings (SSSR count). The summed E-state index contributed by atoms with van der Waals surface area (Å²) in [5.74, 6) is 0.343. The predicted molar refractivity (Wildman–Crippen MR) is 128 cm³/mol. The second kappa shape index (κ2) is 11.1. The number of hydrogen-bond donors (Lipinski definition) is 0. The van der Waals surface area contributed by atoms with E-state index in [1.54, 1.807) is 11.8 Å². The Morgan fingerprint density at radius 2 is 1.97 bits per heavy atom. The lowest BCUT2D eigenvalue weighted by Gasteiger charge is -2.13. The van der Waals surface area contributed by atoms with Gasteiger partial charge in [-0.15, -0.1) is 0 Å². The number of amides is 1. The summed E-state index contributed by atoms with van der Waals surface area (Å²) in [5.41, 5.74) is 3.18. The predicted octanol–water partition coefficient (Wildman–Crippen LogP) is 5.12. The smallest absolute Gasteiger partial charge is 0.305 e. The number of nitrogens with zero attached hydrogens (tertiary/aromatic N) is 1. The van der Waals surface area contributed by atoms with Crippen LogP contribution in [0.4, 0.5) is 0 Å². The highest BCUT2D eigenvalue weighted by atomic mass is 32.2. The van der Waals surface area contributed by atoms with Gasteiger partial charge in [-0.2, -0.15) is 0 Å². The Labute approximate surface area is 192 Å². The summed E-state index contributed by atoms with van der Waals surface area (Å²) in [7, 11) is 0. The zero-order valence-corrected chi connectivity index (χ0v) is 19.3. The van der Waals surface area contributed by atoms with Crippen molar-refractivity contribution >= 4 is 46.3 Å². The van der Waals surface area contributed by atoms with Gasteiger partial charge in [-0.1, -0.05) is 65.9 Å². The number of hydrogen-bond acceptors (Lipinski definition) is 6. The highest BCUT2D eigenvalue weighted by Crippen LogP contribution is 2.33. The maximum Gasteiger partial charge on any atom is 0.305 e. The number of carbonyl (C=O) groups is 2. The van der Waals surface area contributed by atoms with Crippen LogP contribution in [0, 0.1) is 6.92 Å². The molecule has 0 aliphatic carbocycles. The van der Waals surface area contributed by atoms with Crippen molar-refractivity contribution in [2.24, 2.45) is 0 Å². The molecule has 5 nitrogen and oxygen atoms in total. The van der Waals surface area contributed by atoms with E-state index in [0.717, 1.165) is 16.9 Å². The third kappa shape index (κ3) is 6.67. The first-order valence-corrected chi connectivity index (χ1v) is 11.4. The Bertz CT molecular complexity index is 985. The molecule has 2 aromatic rings. The minimum Gasteiger partial charge on any atom is -0.489 e. The molecular formula is C24H25NO4S2. The Kier molecular flexibility index (Phi) is 8.26. The van der Waals surface area contributed by atoms with Gasteiger partial charge >= 0.3 is 5.97 Å². The van der Waals surface area contributed by atoms with E-state index in [9.17, 15) is 9.59 Å². The molecular weight excluding hydrogens is 430 g/mol. The first kappa shape index (κ1) is 23.0. The van der Waals surface area contributed by atoms with Crippen LogP contribution in [0.25, 0.3) is 6.08 Å². The van der Waals surface area contributed by atoms with E-state index in [4.69, 9.17) is 21.7 Å². The average molecular weight is 456 g/mol. The van der Waals surface area contributed by atoms with E-state index in [1.807, 2.05) is 42.5 Å². The molecule has 1 saturated heterocycles. The maximum absolute atomic E-state index is 12.7. The molecule has 0 saturated carbocycles. The summed E-state index contributed by atoms with van der Waals surface area (Å²) in [6, 6.07) is 15.8. The molecule has 0 N–H and O–H groups in total. The fourth-order valence-electron chi connectivity index (χ4n) is 3.00. The number of esters is 1. The first-order chi connectivity index (χ1) is 15.0. The summed E-state index contributed by atoms with van der Waals surface area (Å²) in [6.45, 7) is 5.06. The second-order valence-corrected chi connectivity index (χ2v) is 8.76. The fourth-order valence-corrected chi connectivity index (χ4v) is 4.31. The molecule has 31 heavy (non-hydrogen) atoms. The van der Waals surface area contributed by atoms with Crippen molar-refractivity contribution in [1.29, 1.82) is 0 Å². The number of rotatable bonds is 9. The van der Waals surface area contributed by atoms with Crippen LogP contribution in [0.3, 0.4) is 0 Å². The summed E-state index contributed by atoms with van der Waals surface area (Å²) in [4.78, 5) is 26.3. The van der Waals surface area contributed by atoms with Gasteiger partial charge in [0.2, 0.25) is 0 Å². The highest BCUT2D eigenvalue weighted by molar-refractivity contribution is 8.26. The zero-order valence-electron chi connectivity index (χ0n) is 17.6. The van der Waals surface area contributed by atoms with Crippen LogP contribution < -0.4 is 4.74 Å². The molecule has 0 spiro atoms. The topological polar surface area (TPSA) is 55.8 Å². The van der Waals surface area contributed by atoms with E-state index in [-0.39, 0.29) is 18.3 Å². The number of carbonyl (C=O) groups excluding carboxylic acids is 2. The molecule has 0 unspecified atom stereocenters. The normalized spacial score (nSPS) is 14.9. The standard InChI is InChI=1S/C24H25NO4S2/c1-3-28-22(26)8-5-13-25-23(27)21(31-24(25)30)15-19-6-4-7-20(14-19)29-16-18-11-9-17(2)10-12-18/h4,6-7,9-12,14-15H,3,5,8,13,16H2,1-2H3/b21-15+. The molecule has 1 amide bonds. The van der Waals surface area contributed by atoms with Crippen LogP contribution in [-0.2, 0) is 20.9 Å². The molecule has 0 aromatic heterocycles. The molecule has 1 aliphatic heterocycles. The molecule has 0 bridgehead atoms. The Morgan fingerprint density at radius 1 is 1.19 bits per heavy atom. The summed E-state index contributed by atoms with van der Waals surface area (Å²) in [5, 5.41) is 0. The van der Waals surface area contributed by atoms with E-state index < -0.39 is 0 Å². The molecule has 1 fully saturated rings. The summed E-state index contributed by atoms with van der Waals surface area (Å²) in [6.07, 6.45) is 2.61. The van der Waals surface area contributed by atoms with E-state index in [1.165, 1.54) is 17.3 Å². The maximum atomic E-state index is 12.7. The van der Waals surface area contributed by atoms with Gasteiger partial charge in [0.15, 0.2) is 0 Å². The Morgan fingerprint density at radius 3 is 2.71 bits per heavy atom. The van der Waals surface area contributed by atoms with Crippen LogP contribution in [0.1, 0.15) is 36.5 Å². The van der Waals surface area contributed by atoms with Crippen LogP contribution in [-0.4, -0.2) is 34.2 Å². The Balaban J connectivity index is 1.60. The van der Waals surface area contributed by atoms with Crippen molar-refractivity contribution in [2.75, 3.05) is 13.2 Å². The lowest BCUT2D eigenvalue weighted by atomic mass is 10.1. The lowest BCUT2D eigenvalue weighted by Crippen LogP contribution is -2.29. The molecule has 1 aliphatic rings. The SMILES string of the molecule is CCOC(=O)CCCN1C(=O)/C(=C\c2cccc(OCc3ccc(C)cc3)c2)SC1=S. The van der Waals surface area contributed by atoms with Crippen molar-refractivity contribution in [3.05, 3.63) is 70.1 Å². The number of thiocarbonyl (C=S) groups is 1. The quantitative estimate of drug-likeness (QED) is 0.297. The number of ether oxygens (including phenoxy) is 2. The molecule has 2 aromatic carbocycles. The average Bonchev–Trinajstić information content (AvgIpc) is 3.01. The summed E-state index contributed by atoms with van der Waals surface area (Å²) >= 11 is 6.63. The number of thioether (sulfide) groups is 1. The van der Waals surface area contributed by atoms with Gasteiger partial charge in [-0.25, -0.2) is 0 Å². The van der Waals surface area contributed by atoms with Gasteiger partial charge in [0.05, 0.1) is 11.5 Å². The van der Waals surface area contributed by atoms with Crippen molar-refractivity contribution in [3.8, 4) is 5.75 Å². The zero-order chi connectivity index (χ0) is 22.2. The number of aryl methyl sites for hydroxylation is 1. The third-order valence-corrected chi connectivity index (χ3v) is 6.00. The van der Waals surface area contributed by atoms with Crippen LogP contribution in [0.2, 0.25) is 0 Å². The van der Waals surface area contributed by atoms with E-state index in [2.05, 4.69) is 19.1 Å². The largest absolute Gasteiger partial charge is 0.489 e. The monoisotopic (exact) mass is 455 g/mol. The summed E-state index contributed by atoms with van der Waals surface area (Å²) < 4.78 is 11.3. The van der Waals surface area contributed by atoms with Gasteiger partial charge in [0.1, 0.15) is 16.7 Å². The third-order valence-electron chi connectivity index (χ3n) is 4.62. The number of benzene rings is 2. The van der Waals surface area contributed by atoms with Crippen LogP contribution in [0.15, 0.2) is 53.4 Å². The Hall–Kier alpha value is -2.64. The molecule has 7 heteroatoms. The van der Waals surface area contributed by atoms with E-state index >= 15 is 0 Å². The molecule has 162 valence electrons. The fraction of sp³-hybridized carbons (Fsp3) is 0.292. The van der Waals surface area contributed by atoms with Crippen molar-refractivity contribution < 1.29 is 19.1 Å². The molecule has 0 atom stereocenters.